The first-order valence-corrected chi connectivity index (χ1v) is 11.9. The molecule has 3 aromatic rings. The minimum absolute atomic E-state index is 0.0350. The summed E-state index contributed by atoms with van der Waals surface area (Å²) in [6, 6.07) is 8.23. The Morgan fingerprint density at radius 3 is 2.43 bits per heavy atom. The molecule has 3 heterocycles. The minimum atomic E-state index is -3.89. The third kappa shape index (κ3) is 3.23. The topological polar surface area (TPSA) is 113 Å². The van der Waals surface area contributed by atoms with E-state index in [9.17, 15) is 16.8 Å². The van der Waals surface area contributed by atoms with E-state index in [1.807, 2.05) is 6.07 Å². The lowest BCUT2D eigenvalue weighted by Crippen LogP contribution is -2.40. The van der Waals surface area contributed by atoms with Gasteiger partial charge in [-0.05, 0) is 35.9 Å². The van der Waals surface area contributed by atoms with E-state index in [2.05, 4.69) is 15.0 Å². The van der Waals surface area contributed by atoms with Crippen LogP contribution in [0.5, 0.6) is 0 Å². The van der Waals surface area contributed by atoms with Gasteiger partial charge in [0.2, 0.25) is 10.0 Å². The van der Waals surface area contributed by atoms with Crippen molar-refractivity contribution < 1.29 is 16.8 Å². The minimum Gasteiger partial charge on any atom is -0.348 e. The van der Waals surface area contributed by atoms with E-state index < -0.39 is 25.9 Å². The second kappa shape index (κ2) is 6.80. The average Bonchev–Trinajstić information content (AvgIpc) is 3.16. The van der Waals surface area contributed by atoms with Gasteiger partial charge in [-0.15, -0.1) is 0 Å². The lowest BCUT2D eigenvalue weighted by atomic mass is 9.99. The Labute approximate surface area is 163 Å². The molecule has 0 amide bonds. The van der Waals surface area contributed by atoms with Gasteiger partial charge in [-0.1, -0.05) is 6.07 Å². The Morgan fingerprint density at radius 1 is 1.07 bits per heavy atom. The molecule has 1 aromatic carbocycles. The summed E-state index contributed by atoms with van der Waals surface area (Å²) in [5, 5.41) is 0. The van der Waals surface area contributed by atoms with E-state index >= 15 is 0 Å². The Balaban J connectivity index is 1.80. The van der Waals surface area contributed by atoms with Gasteiger partial charge in [0, 0.05) is 37.3 Å². The number of pyridine rings is 1. The number of sulfone groups is 1. The van der Waals surface area contributed by atoms with Gasteiger partial charge < -0.3 is 4.98 Å². The quantitative estimate of drug-likeness (QED) is 0.688. The normalized spacial score (nSPS) is 18.0. The van der Waals surface area contributed by atoms with Crippen molar-refractivity contribution in [1.29, 1.82) is 0 Å². The van der Waals surface area contributed by atoms with Crippen molar-refractivity contribution in [3.8, 4) is 0 Å². The summed E-state index contributed by atoms with van der Waals surface area (Å²) in [6.07, 6.45) is 6.40. The van der Waals surface area contributed by atoms with Crippen molar-refractivity contribution in [2.24, 2.45) is 0 Å². The molecule has 0 fully saturated rings. The zero-order chi connectivity index (χ0) is 19.9. The Hall–Kier alpha value is -2.56. The molecule has 4 rings (SSSR count). The Morgan fingerprint density at radius 2 is 1.79 bits per heavy atom. The van der Waals surface area contributed by atoms with Crippen molar-refractivity contribution in [3.05, 3.63) is 72.1 Å². The third-order valence-corrected chi connectivity index (χ3v) is 7.75. The van der Waals surface area contributed by atoms with Crippen molar-refractivity contribution >= 4 is 19.9 Å². The van der Waals surface area contributed by atoms with E-state index in [-0.39, 0.29) is 16.3 Å². The van der Waals surface area contributed by atoms with Gasteiger partial charge in [-0.2, -0.15) is 4.31 Å². The number of H-pyrrole nitrogens is 1. The fourth-order valence-corrected chi connectivity index (χ4v) is 5.58. The number of aromatic nitrogens is 3. The average molecular weight is 419 g/mol. The first-order valence-electron chi connectivity index (χ1n) is 8.52. The number of fused-ring (bicyclic) bond motifs is 1. The molecule has 1 aliphatic heterocycles. The fraction of sp³-hybridized carbons (Fsp3) is 0.222. The molecule has 0 bridgehead atoms. The summed E-state index contributed by atoms with van der Waals surface area (Å²) in [4.78, 5) is 11.6. The highest BCUT2D eigenvalue weighted by Crippen LogP contribution is 2.37. The van der Waals surface area contributed by atoms with E-state index in [1.54, 1.807) is 24.8 Å². The predicted molar refractivity (Wildman–Crippen MR) is 102 cm³/mol. The molecular formula is C18H18N4O4S2. The zero-order valence-corrected chi connectivity index (χ0v) is 16.6. The predicted octanol–water partition coefficient (Wildman–Crippen LogP) is 1.54. The van der Waals surface area contributed by atoms with Crippen molar-refractivity contribution in [2.75, 3.05) is 12.8 Å². The highest BCUT2D eigenvalue weighted by atomic mass is 32.2. The van der Waals surface area contributed by atoms with Crippen LogP contribution in [0.4, 0.5) is 0 Å². The van der Waals surface area contributed by atoms with E-state index in [1.165, 1.54) is 28.6 Å². The summed E-state index contributed by atoms with van der Waals surface area (Å²) < 4.78 is 51.5. The van der Waals surface area contributed by atoms with Gasteiger partial charge in [-0.25, -0.2) is 21.8 Å². The summed E-state index contributed by atoms with van der Waals surface area (Å²) in [7, 11) is -7.29. The number of rotatable bonds is 4. The van der Waals surface area contributed by atoms with Crippen LogP contribution in [0, 0.1) is 0 Å². The van der Waals surface area contributed by atoms with Crippen LogP contribution in [-0.4, -0.2) is 48.9 Å². The molecule has 2 aromatic heterocycles. The van der Waals surface area contributed by atoms with Crippen LogP contribution in [0.3, 0.4) is 0 Å². The van der Waals surface area contributed by atoms with E-state index in [4.69, 9.17) is 0 Å². The van der Waals surface area contributed by atoms with E-state index in [0.717, 1.165) is 11.9 Å². The number of aromatic amines is 1. The van der Waals surface area contributed by atoms with Gasteiger partial charge in [0.25, 0.3) is 0 Å². The summed E-state index contributed by atoms with van der Waals surface area (Å²) in [5.74, 6) is 0. The molecule has 146 valence electrons. The molecule has 10 heteroatoms. The maximum absolute atomic E-state index is 13.4. The molecule has 1 unspecified atom stereocenters. The van der Waals surface area contributed by atoms with Crippen LogP contribution in [0.2, 0.25) is 0 Å². The van der Waals surface area contributed by atoms with Crippen molar-refractivity contribution in [1.82, 2.24) is 19.3 Å². The van der Waals surface area contributed by atoms with Gasteiger partial charge >= 0.3 is 0 Å². The molecule has 0 spiro atoms. The van der Waals surface area contributed by atoms with Gasteiger partial charge in [0.1, 0.15) is 0 Å². The van der Waals surface area contributed by atoms with Gasteiger partial charge in [0.15, 0.2) is 9.84 Å². The maximum Gasteiger partial charge on any atom is 0.244 e. The van der Waals surface area contributed by atoms with Crippen molar-refractivity contribution in [3.63, 3.8) is 0 Å². The molecule has 1 N–H and O–H groups in total. The Bertz CT molecular complexity index is 1200. The standard InChI is InChI=1S/C18H18N4O4S2/c1-27(23,24)14-4-6-15(7-5-14)28(25,26)22-10-8-16-17(21-12-20-16)18(22)13-3-2-9-19-11-13/h2-7,9,11-12,18H,8,10H2,1H3,(H,20,21). The molecule has 1 atom stereocenters. The van der Waals surface area contributed by atoms with Crippen LogP contribution in [-0.2, 0) is 26.3 Å². The largest absolute Gasteiger partial charge is 0.348 e. The fourth-order valence-electron chi connectivity index (χ4n) is 3.37. The van der Waals surface area contributed by atoms with Gasteiger partial charge in [-0.3, -0.25) is 4.98 Å². The van der Waals surface area contributed by atoms with Crippen LogP contribution < -0.4 is 0 Å². The lowest BCUT2D eigenvalue weighted by molar-refractivity contribution is 0.337. The number of benzene rings is 1. The summed E-state index contributed by atoms with van der Waals surface area (Å²) in [6.45, 7) is 0.269. The molecule has 1 aliphatic rings. The second-order valence-corrected chi connectivity index (χ2v) is 10.5. The molecule has 0 saturated heterocycles. The number of imidazole rings is 1. The lowest BCUT2D eigenvalue weighted by Gasteiger charge is -2.34. The summed E-state index contributed by atoms with van der Waals surface area (Å²) >= 11 is 0. The number of sulfonamides is 1. The summed E-state index contributed by atoms with van der Waals surface area (Å²) in [5.41, 5.74) is 2.26. The van der Waals surface area contributed by atoms with Crippen LogP contribution >= 0.6 is 0 Å². The molecule has 0 saturated carbocycles. The number of hydrogen-bond acceptors (Lipinski definition) is 6. The highest BCUT2D eigenvalue weighted by Gasteiger charge is 2.39. The Kier molecular flexibility index (Phi) is 4.56. The zero-order valence-electron chi connectivity index (χ0n) is 15.0. The van der Waals surface area contributed by atoms with Gasteiger partial charge in [0.05, 0.1) is 27.9 Å². The number of nitrogens with zero attached hydrogens (tertiary/aromatic N) is 3. The van der Waals surface area contributed by atoms with E-state index in [0.29, 0.717) is 17.7 Å². The molecule has 0 aliphatic carbocycles. The van der Waals surface area contributed by atoms with Crippen LogP contribution in [0.15, 0.2) is 64.9 Å². The second-order valence-electron chi connectivity index (χ2n) is 6.56. The highest BCUT2D eigenvalue weighted by molar-refractivity contribution is 7.90. The van der Waals surface area contributed by atoms with Crippen LogP contribution in [0.1, 0.15) is 23.0 Å². The first kappa shape index (κ1) is 18.8. The molecule has 8 nitrogen and oxygen atoms in total. The third-order valence-electron chi connectivity index (χ3n) is 4.74. The maximum atomic E-state index is 13.4. The number of hydrogen-bond donors (Lipinski definition) is 1. The monoisotopic (exact) mass is 418 g/mol. The van der Waals surface area contributed by atoms with Crippen molar-refractivity contribution in [2.45, 2.75) is 22.3 Å². The molecule has 28 heavy (non-hydrogen) atoms. The first-order chi connectivity index (χ1) is 13.3. The molecular weight excluding hydrogens is 400 g/mol. The smallest absolute Gasteiger partial charge is 0.244 e. The van der Waals surface area contributed by atoms with Crippen LogP contribution in [0.25, 0.3) is 0 Å². The molecule has 0 radical (unpaired) electrons. The number of nitrogens with one attached hydrogen (secondary N) is 1. The SMILES string of the molecule is CS(=O)(=O)c1ccc(S(=O)(=O)N2CCc3[nH]cnc3C2c2cccnc2)cc1.